The summed E-state index contributed by atoms with van der Waals surface area (Å²) in [5, 5.41) is 13.4. The molecule has 0 aromatic heterocycles. The number of amides is 2. The molecule has 0 saturated carbocycles. The van der Waals surface area contributed by atoms with Crippen molar-refractivity contribution in [3.63, 3.8) is 0 Å². The van der Waals surface area contributed by atoms with E-state index in [1.54, 1.807) is 11.8 Å². The number of carbonyl (C=O) groups excluding carboxylic acids is 2. The lowest BCUT2D eigenvalue weighted by atomic mass is 9.80. The number of piperazine rings is 1. The summed E-state index contributed by atoms with van der Waals surface area (Å²) in [6.45, 7) is 8.76. The van der Waals surface area contributed by atoms with Crippen LogP contribution in [-0.2, 0) is 16.1 Å². The van der Waals surface area contributed by atoms with E-state index in [2.05, 4.69) is 22.1 Å². The number of fused-ring (bicyclic) bond motifs is 1. The predicted octanol–water partition coefficient (Wildman–Crippen LogP) is 1.16. The van der Waals surface area contributed by atoms with E-state index in [0.717, 1.165) is 23.6 Å². The van der Waals surface area contributed by atoms with E-state index in [-0.39, 0.29) is 24.3 Å². The molecule has 4 rings (SSSR count). The lowest BCUT2D eigenvalue weighted by Crippen LogP contribution is -2.74. The Morgan fingerprint density at radius 1 is 1.18 bits per heavy atom. The first-order chi connectivity index (χ1) is 15.9. The zero-order chi connectivity index (χ0) is 23.6. The highest BCUT2D eigenvalue weighted by atomic mass is 16.6. The van der Waals surface area contributed by atoms with Crippen molar-refractivity contribution in [1.82, 2.24) is 15.1 Å². The third-order valence-electron chi connectivity index (χ3n) is 6.89. The molecule has 33 heavy (non-hydrogen) atoms. The van der Waals surface area contributed by atoms with Crippen LogP contribution in [0.2, 0.25) is 0 Å². The number of piperidine rings is 1. The van der Waals surface area contributed by atoms with Crippen molar-refractivity contribution in [2.75, 3.05) is 32.8 Å². The maximum atomic E-state index is 13.3. The fourth-order valence-corrected chi connectivity index (χ4v) is 4.86. The monoisotopic (exact) mass is 455 g/mol. The Labute approximate surface area is 195 Å². The van der Waals surface area contributed by atoms with Gasteiger partial charge in [-0.2, -0.15) is 0 Å². The molecule has 1 aromatic carbocycles. The summed E-state index contributed by atoms with van der Waals surface area (Å²) < 4.78 is 11.3. The summed E-state index contributed by atoms with van der Waals surface area (Å²) in [6.07, 6.45) is 0.0990. The Morgan fingerprint density at radius 2 is 1.88 bits per heavy atom. The number of ether oxygens (including phenoxy) is 2. The Balaban J connectivity index is 1.48. The van der Waals surface area contributed by atoms with Gasteiger partial charge in [0.15, 0.2) is 11.5 Å². The van der Waals surface area contributed by atoms with Gasteiger partial charge in [-0.15, -0.1) is 5.92 Å². The third kappa shape index (κ3) is 4.53. The van der Waals surface area contributed by atoms with Crippen molar-refractivity contribution < 1.29 is 24.2 Å². The molecule has 3 aliphatic rings. The van der Waals surface area contributed by atoms with E-state index in [1.807, 2.05) is 32.0 Å². The number of aliphatic hydroxyl groups is 1. The van der Waals surface area contributed by atoms with Gasteiger partial charge in [0.2, 0.25) is 11.8 Å². The van der Waals surface area contributed by atoms with Crippen LogP contribution in [-0.4, -0.2) is 77.3 Å². The number of nitrogens with one attached hydrogen (secondary N) is 1. The van der Waals surface area contributed by atoms with Gasteiger partial charge < -0.3 is 24.8 Å². The molecule has 0 radical (unpaired) electrons. The van der Waals surface area contributed by atoms with Gasteiger partial charge in [-0.3, -0.25) is 14.5 Å². The summed E-state index contributed by atoms with van der Waals surface area (Å²) in [7, 11) is 0. The molecule has 0 aliphatic carbocycles. The molecule has 2 atom stereocenters. The molecule has 1 aromatic rings. The van der Waals surface area contributed by atoms with Crippen LogP contribution < -0.4 is 14.8 Å². The number of aliphatic hydroxyl groups excluding tert-OH is 1. The lowest BCUT2D eigenvalue weighted by molar-refractivity contribution is -0.164. The summed E-state index contributed by atoms with van der Waals surface area (Å²) >= 11 is 0. The van der Waals surface area contributed by atoms with E-state index >= 15 is 0 Å². The average Bonchev–Trinajstić information content (AvgIpc) is 2.82. The Hall–Kier alpha value is -2.76. The van der Waals surface area contributed by atoms with Gasteiger partial charge in [0, 0.05) is 19.6 Å². The van der Waals surface area contributed by atoms with Crippen molar-refractivity contribution >= 4 is 11.8 Å². The first-order valence-electron chi connectivity index (χ1n) is 11.7. The molecule has 2 unspecified atom stereocenters. The van der Waals surface area contributed by atoms with Gasteiger partial charge in [-0.1, -0.05) is 25.8 Å². The smallest absolute Gasteiger partial charge is 0.249 e. The molecule has 2 saturated heterocycles. The minimum absolute atomic E-state index is 0.153. The van der Waals surface area contributed by atoms with Crippen molar-refractivity contribution in [3.8, 4) is 23.3 Å². The van der Waals surface area contributed by atoms with Gasteiger partial charge in [0.1, 0.15) is 24.8 Å². The summed E-state index contributed by atoms with van der Waals surface area (Å²) in [6, 6.07) is 5.05. The predicted molar refractivity (Wildman–Crippen MR) is 123 cm³/mol. The molecule has 2 fully saturated rings. The molecule has 8 nitrogen and oxygen atoms in total. The quantitative estimate of drug-likeness (QED) is 0.648. The number of hydrogen-bond donors (Lipinski definition) is 2. The van der Waals surface area contributed by atoms with Gasteiger partial charge in [-0.25, -0.2) is 0 Å². The molecule has 3 aliphatic heterocycles. The molecule has 2 N–H and O–H groups in total. The number of carbonyl (C=O) groups is 2. The van der Waals surface area contributed by atoms with Crippen LogP contribution >= 0.6 is 0 Å². The maximum absolute atomic E-state index is 13.3. The van der Waals surface area contributed by atoms with Gasteiger partial charge in [0.25, 0.3) is 0 Å². The highest BCUT2D eigenvalue weighted by Crippen LogP contribution is 2.35. The minimum Gasteiger partial charge on any atom is -0.486 e. The van der Waals surface area contributed by atoms with E-state index < -0.39 is 17.7 Å². The highest BCUT2D eigenvalue weighted by Gasteiger charge is 2.54. The number of rotatable bonds is 5. The highest BCUT2D eigenvalue weighted by molar-refractivity contribution is 6.00. The molecule has 8 heteroatoms. The van der Waals surface area contributed by atoms with Crippen molar-refractivity contribution in [2.45, 2.75) is 57.8 Å². The Kier molecular flexibility index (Phi) is 6.82. The number of nitrogens with zero attached hydrogens (tertiary/aromatic N) is 2. The van der Waals surface area contributed by atoms with Crippen LogP contribution in [0.15, 0.2) is 18.2 Å². The summed E-state index contributed by atoms with van der Waals surface area (Å²) in [5.74, 6) is 6.74. The number of benzene rings is 1. The largest absolute Gasteiger partial charge is 0.486 e. The molecule has 3 heterocycles. The molecule has 178 valence electrons. The van der Waals surface area contributed by atoms with Crippen molar-refractivity contribution in [1.29, 1.82) is 0 Å². The topological polar surface area (TPSA) is 91.3 Å². The maximum Gasteiger partial charge on any atom is 0.249 e. The van der Waals surface area contributed by atoms with Gasteiger partial charge in [-0.05, 0) is 43.4 Å². The minimum atomic E-state index is -0.939. The van der Waals surface area contributed by atoms with Gasteiger partial charge in [0.05, 0.1) is 12.6 Å². The SMILES string of the molecule is CC#CCN1C(=O)C(C(O)C(C)C)NC(=O)C12CCN(Cc1ccc3c(c1)OCCO3)CC2. The van der Waals surface area contributed by atoms with E-state index in [9.17, 15) is 14.7 Å². The van der Waals surface area contributed by atoms with Crippen LogP contribution in [0.5, 0.6) is 11.5 Å². The summed E-state index contributed by atoms with van der Waals surface area (Å²) in [5.41, 5.74) is 0.186. The summed E-state index contributed by atoms with van der Waals surface area (Å²) in [4.78, 5) is 30.6. The normalized spacial score (nSPS) is 23.2. The number of hydrogen-bond acceptors (Lipinski definition) is 6. The van der Waals surface area contributed by atoms with Crippen molar-refractivity contribution in [3.05, 3.63) is 23.8 Å². The Morgan fingerprint density at radius 3 is 2.55 bits per heavy atom. The molecule has 1 spiro atoms. The molecular weight excluding hydrogens is 422 g/mol. The van der Waals surface area contributed by atoms with Crippen LogP contribution in [0, 0.1) is 17.8 Å². The Bertz CT molecular complexity index is 959. The van der Waals surface area contributed by atoms with E-state index in [4.69, 9.17) is 9.47 Å². The van der Waals surface area contributed by atoms with Crippen LogP contribution in [0.1, 0.15) is 39.2 Å². The van der Waals surface area contributed by atoms with E-state index in [0.29, 0.717) is 39.1 Å². The second kappa shape index (κ2) is 9.62. The first-order valence-corrected chi connectivity index (χ1v) is 11.7. The lowest BCUT2D eigenvalue weighted by Gasteiger charge is -2.51. The second-order valence-electron chi connectivity index (χ2n) is 9.32. The van der Waals surface area contributed by atoms with Crippen LogP contribution in [0.3, 0.4) is 0 Å². The fourth-order valence-electron chi connectivity index (χ4n) is 4.86. The average molecular weight is 456 g/mol. The van der Waals surface area contributed by atoms with E-state index in [1.165, 1.54) is 0 Å². The molecule has 0 bridgehead atoms. The molecule has 2 amide bonds. The standard InChI is InChI=1S/C25H33N3O5/c1-4-5-10-28-23(30)21(22(29)17(2)3)26-24(31)25(28)8-11-27(12-9-25)16-18-6-7-19-20(15-18)33-14-13-32-19/h6-7,15,17,21-22,29H,8-14,16H2,1-3H3,(H,26,31). The zero-order valence-electron chi connectivity index (χ0n) is 19.6. The molecular formula is C25H33N3O5. The first kappa shape index (κ1) is 23.4. The van der Waals surface area contributed by atoms with Crippen LogP contribution in [0.4, 0.5) is 0 Å². The van der Waals surface area contributed by atoms with Gasteiger partial charge >= 0.3 is 0 Å². The van der Waals surface area contributed by atoms with Crippen LogP contribution in [0.25, 0.3) is 0 Å². The van der Waals surface area contributed by atoms with Crippen molar-refractivity contribution in [2.24, 2.45) is 5.92 Å². The number of likely N-dealkylation sites (tertiary alicyclic amines) is 1. The third-order valence-corrected chi connectivity index (χ3v) is 6.89. The zero-order valence-corrected chi connectivity index (χ0v) is 19.6. The fraction of sp³-hybridized carbons (Fsp3) is 0.600. The second-order valence-corrected chi connectivity index (χ2v) is 9.32.